The Morgan fingerprint density at radius 3 is 2.31 bits per heavy atom. The standard InChI is InChI=1S/C13H20N2O/c1-4-12(9(2)3)15-13(16)10-5-7-11(14)8-6-10/h5-9,12H,4,14H2,1-3H3,(H,15,16). The van der Waals surface area contributed by atoms with Crippen molar-refractivity contribution in [1.29, 1.82) is 0 Å². The summed E-state index contributed by atoms with van der Waals surface area (Å²) in [6.45, 7) is 6.29. The molecule has 3 N–H and O–H groups in total. The fourth-order valence-electron chi connectivity index (χ4n) is 1.63. The fraction of sp³-hybridized carbons (Fsp3) is 0.462. The highest BCUT2D eigenvalue weighted by atomic mass is 16.1. The lowest BCUT2D eigenvalue weighted by Gasteiger charge is -2.20. The molecule has 1 aromatic rings. The van der Waals surface area contributed by atoms with E-state index in [0.717, 1.165) is 6.42 Å². The van der Waals surface area contributed by atoms with Crippen LogP contribution in [-0.2, 0) is 0 Å². The van der Waals surface area contributed by atoms with E-state index in [9.17, 15) is 4.79 Å². The molecule has 16 heavy (non-hydrogen) atoms. The quantitative estimate of drug-likeness (QED) is 0.766. The van der Waals surface area contributed by atoms with Crippen LogP contribution in [0.5, 0.6) is 0 Å². The summed E-state index contributed by atoms with van der Waals surface area (Å²) in [7, 11) is 0. The van der Waals surface area contributed by atoms with Gasteiger partial charge in [-0.25, -0.2) is 0 Å². The van der Waals surface area contributed by atoms with E-state index >= 15 is 0 Å². The van der Waals surface area contributed by atoms with Crippen molar-refractivity contribution >= 4 is 11.6 Å². The van der Waals surface area contributed by atoms with Crippen LogP contribution < -0.4 is 11.1 Å². The number of anilines is 1. The van der Waals surface area contributed by atoms with E-state index in [1.807, 2.05) is 0 Å². The molecule has 1 rings (SSSR count). The predicted molar refractivity (Wildman–Crippen MR) is 67.2 cm³/mol. The van der Waals surface area contributed by atoms with E-state index < -0.39 is 0 Å². The Labute approximate surface area is 97.0 Å². The minimum absolute atomic E-state index is 0.0273. The summed E-state index contributed by atoms with van der Waals surface area (Å²) >= 11 is 0. The molecule has 0 aromatic heterocycles. The lowest BCUT2D eigenvalue weighted by atomic mass is 10.0. The number of amides is 1. The molecule has 3 heteroatoms. The molecule has 0 radical (unpaired) electrons. The molecule has 88 valence electrons. The molecule has 3 nitrogen and oxygen atoms in total. The van der Waals surface area contributed by atoms with Crippen LogP contribution in [0.25, 0.3) is 0 Å². The van der Waals surface area contributed by atoms with Crippen molar-refractivity contribution in [3.05, 3.63) is 29.8 Å². The molecule has 0 aliphatic rings. The first kappa shape index (κ1) is 12.6. The van der Waals surface area contributed by atoms with Gasteiger partial charge in [0.25, 0.3) is 5.91 Å². The minimum atomic E-state index is -0.0273. The van der Waals surface area contributed by atoms with Gasteiger partial charge in [-0.3, -0.25) is 4.79 Å². The summed E-state index contributed by atoms with van der Waals surface area (Å²) in [6.07, 6.45) is 0.943. The smallest absolute Gasteiger partial charge is 0.251 e. The number of hydrogen-bond donors (Lipinski definition) is 2. The Bertz CT molecular complexity index is 343. The van der Waals surface area contributed by atoms with Crippen LogP contribution in [0.15, 0.2) is 24.3 Å². The van der Waals surface area contributed by atoms with Gasteiger partial charge >= 0.3 is 0 Å². The molecule has 0 heterocycles. The summed E-state index contributed by atoms with van der Waals surface area (Å²) in [4.78, 5) is 11.9. The highest BCUT2D eigenvalue weighted by Crippen LogP contribution is 2.09. The second-order valence-corrected chi connectivity index (χ2v) is 4.35. The molecule has 1 amide bonds. The molecule has 0 spiro atoms. The topological polar surface area (TPSA) is 55.1 Å². The first-order chi connectivity index (χ1) is 7.54. The number of carbonyl (C=O) groups excluding carboxylic acids is 1. The summed E-state index contributed by atoms with van der Waals surface area (Å²) < 4.78 is 0. The fourth-order valence-corrected chi connectivity index (χ4v) is 1.63. The minimum Gasteiger partial charge on any atom is -0.399 e. The van der Waals surface area contributed by atoms with Gasteiger partial charge in [0.05, 0.1) is 0 Å². The van der Waals surface area contributed by atoms with E-state index in [1.165, 1.54) is 0 Å². The van der Waals surface area contributed by atoms with Crippen molar-refractivity contribution in [1.82, 2.24) is 5.32 Å². The van der Waals surface area contributed by atoms with E-state index in [-0.39, 0.29) is 11.9 Å². The third-order valence-electron chi connectivity index (χ3n) is 2.73. The van der Waals surface area contributed by atoms with Gasteiger partial charge in [0.15, 0.2) is 0 Å². The maximum absolute atomic E-state index is 11.9. The highest BCUT2D eigenvalue weighted by Gasteiger charge is 2.14. The van der Waals surface area contributed by atoms with E-state index in [1.54, 1.807) is 24.3 Å². The van der Waals surface area contributed by atoms with Gasteiger partial charge in [0.2, 0.25) is 0 Å². The molecule has 0 aliphatic carbocycles. The van der Waals surface area contributed by atoms with Crippen LogP contribution in [0, 0.1) is 5.92 Å². The second-order valence-electron chi connectivity index (χ2n) is 4.35. The van der Waals surface area contributed by atoms with Gasteiger partial charge < -0.3 is 11.1 Å². The maximum Gasteiger partial charge on any atom is 0.251 e. The molecular formula is C13H20N2O. The van der Waals surface area contributed by atoms with Crippen molar-refractivity contribution in [2.45, 2.75) is 33.2 Å². The second kappa shape index (κ2) is 5.54. The Kier molecular flexibility index (Phi) is 4.35. The molecule has 0 aliphatic heterocycles. The van der Waals surface area contributed by atoms with Crippen molar-refractivity contribution in [2.75, 3.05) is 5.73 Å². The van der Waals surface area contributed by atoms with Crippen molar-refractivity contribution < 1.29 is 4.79 Å². The Morgan fingerprint density at radius 2 is 1.88 bits per heavy atom. The van der Waals surface area contributed by atoms with Crippen LogP contribution in [0.3, 0.4) is 0 Å². The SMILES string of the molecule is CCC(NC(=O)c1ccc(N)cc1)C(C)C. The summed E-state index contributed by atoms with van der Waals surface area (Å²) in [5.41, 5.74) is 6.90. The zero-order chi connectivity index (χ0) is 12.1. The van der Waals surface area contributed by atoms with Crippen molar-refractivity contribution in [2.24, 2.45) is 5.92 Å². The zero-order valence-electron chi connectivity index (χ0n) is 10.2. The van der Waals surface area contributed by atoms with E-state index in [2.05, 4.69) is 26.1 Å². The van der Waals surface area contributed by atoms with Crippen LogP contribution in [-0.4, -0.2) is 11.9 Å². The van der Waals surface area contributed by atoms with Crippen LogP contribution >= 0.6 is 0 Å². The van der Waals surface area contributed by atoms with Gasteiger partial charge in [0, 0.05) is 17.3 Å². The number of hydrogen-bond acceptors (Lipinski definition) is 2. The molecule has 0 fully saturated rings. The average molecular weight is 220 g/mol. The maximum atomic E-state index is 11.9. The molecule has 0 saturated heterocycles. The van der Waals surface area contributed by atoms with Gasteiger partial charge in [-0.2, -0.15) is 0 Å². The number of nitrogen functional groups attached to an aromatic ring is 1. The third-order valence-corrected chi connectivity index (χ3v) is 2.73. The normalized spacial score (nSPS) is 12.5. The molecule has 1 unspecified atom stereocenters. The summed E-state index contributed by atoms with van der Waals surface area (Å²) in [6, 6.07) is 7.20. The Hall–Kier alpha value is -1.51. The van der Waals surface area contributed by atoms with Crippen LogP contribution in [0.4, 0.5) is 5.69 Å². The largest absolute Gasteiger partial charge is 0.399 e. The molecule has 0 saturated carbocycles. The van der Waals surface area contributed by atoms with E-state index in [0.29, 0.717) is 17.2 Å². The number of benzene rings is 1. The van der Waals surface area contributed by atoms with Crippen molar-refractivity contribution in [3.63, 3.8) is 0 Å². The molecule has 1 atom stereocenters. The van der Waals surface area contributed by atoms with Gasteiger partial charge in [-0.05, 0) is 36.6 Å². The predicted octanol–water partition coefficient (Wildman–Crippen LogP) is 2.43. The summed E-state index contributed by atoms with van der Waals surface area (Å²) in [5, 5.41) is 3.02. The van der Waals surface area contributed by atoms with Crippen LogP contribution in [0.1, 0.15) is 37.6 Å². The molecular weight excluding hydrogens is 200 g/mol. The first-order valence-corrected chi connectivity index (χ1v) is 5.71. The molecule has 1 aromatic carbocycles. The van der Waals surface area contributed by atoms with Gasteiger partial charge in [-0.15, -0.1) is 0 Å². The van der Waals surface area contributed by atoms with Crippen molar-refractivity contribution in [3.8, 4) is 0 Å². The Balaban J connectivity index is 2.68. The van der Waals surface area contributed by atoms with Gasteiger partial charge in [0.1, 0.15) is 0 Å². The van der Waals surface area contributed by atoms with Crippen LogP contribution in [0.2, 0.25) is 0 Å². The number of nitrogens with one attached hydrogen (secondary N) is 1. The number of nitrogens with two attached hydrogens (primary N) is 1. The number of carbonyl (C=O) groups is 1. The average Bonchev–Trinajstić information content (AvgIpc) is 2.26. The number of rotatable bonds is 4. The first-order valence-electron chi connectivity index (χ1n) is 5.71. The third kappa shape index (κ3) is 3.26. The lowest BCUT2D eigenvalue weighted by molar-refractivity contribution is 0.0924. The lowest BCUT2D eigenvalue weighted by Crippen LogP contribution is -2.37. The van der Waals surface area contributed by atoms with Gasteiger partial charge in [-0.1, -0.05) is 20.8 Å². The highest BCUT2D eigenvalue weighted by molar-refractivity contribution is 5.94. The monoisotopic (exact) mass is 220 g/mol. The van der Waals surface area contributed by atoms with E-state index in [4.69, 9.17) is 5.73 Å². The zero-order valence-corrected chi connectivity index (χ0v) is 10.2. The summed E-state index contributed by atoms with van der Waals surface area (Å²) in [5.74, 6) is 0.420. The molecule has 0 bridgehead atoms. The Morgan fingerprint density at radius 1 is 1.31 bits per heavy atom.